The number of hydrogen-bond donors (Lipinski definition) is 0. The molecule has 0 bridgehead atoms. The smallest absolute Gasteiger partial charge is 0.410 e. The molecule has 0 saturated carbocycles. The van der Waals surface area contributed by atoms with Crippen LogP contribution in [-0.2, 0) is 23.8 Å². The first-order valence-corrected chi connectivity index (χ1v) is 7.73. The highest BCUT2D eigenvalue weighted by atomic mass is 16.6. The molecule has 0 aliphatic carbocycles. The summed E-state index contributed by atoms with van der Waals surface area (Å²) < 4.78 is 15.2. The molecule has 7 heteroatoms. The number of likely N-dealkylation sites (tertiary alicyclic amines) is 1. The summed E-state index contributed by atoms with van der Waals surface area (Å²) in [5, 5.41) is 0. The SMILES string of the molecule is CCOC(=O)C(C(=O)OCC)=C1CCN(C(=O)OC(C)(C)C)C1. The second-order valence-electron chi connectivity index (χ2n) is 6.07. The third-order valence-corrected chi connectivity index (χ3v) is 3.03. The van der Waals surface area contributed by atoms with E-state index in [1.165, 1.54) is 4.90 Å². The van der Waals surface area contributed by atoms with Crippen LogP contribution in [0, 0.1) is 0 Å². The van der Waals surface area contributed by atoms with E-state index < -0.39 is 23.6 Å². The second kappa shape index (κ2) is 7.99. The number of carbonyl (C=O) groups is 3. The van der Waals surface area contributed by atoms with Crippen LogP contribution >= 0.6 is 0 Å². The van der Waals surface area contributed by atoms with Gasteiger partial charge in [0.05, 0.1) is 13.2 Å². The molecule has 0 spiro atoms. The van der Waals surface area contributed by atoms with Crippen molar-refractivity contribution in [1.82, 2.24) is 4.90 Å². The Labute approximate surface area is 136 Å². The van der Waals surface area contributed by atoms with Crippen molar-refractivity contribution in [2.45, 2.75) is 46.6 Å². The van der Waals surface area contributed by atoms with Crippen LogP contribution < -0.4 is 0 Å². The van der Waals surface area contributed by atoms with Gasteiger partial charge in [0.1, 0.15) is 11.2 Å². The zero-order valence-electron chi connectivity index (χ0n) is 14.4. The molecular weight excluding hydrogens is 302 g/mol. The van der Waals surface area contributed by atoms with Gasteiger partial charge in [0, 0.05) is 13.1 Å². The highest BCUT2D eigenvalue weighted by molar-refractivity contribution is 6.15. The van der Waals surface area contributed by atoms with Crippen molar-refractivity contribution in [3.63, 3.8) is 0 Å². The van der Waals surface area contributed by atoms with Crippen molar-refractivity contribution in [1.29, 1.82) is 0 Å². The summed E-state index contributed by atoms with van der Waals surface area (Å²) in [6, 6.07) is 0. The van der Waals surface area contributed by atoms with Gasteiger partial charge < -0.3 is 19.1 Å². The van der Waals surface area contributed by atoms with E-state index in [1.807, 2.05) is 0 Å². The highest BCUT2D eigenvalue weighted by Gasteiger charge is 2.33. The second-order valence-corrected chi connectivity index (χ2v) is 6.07. The fourth-order valence-electron chi connectivity index (χ4n) is 2.12. The van der Waals surface area contributed by atoms with Crippen LogP contribution in [0.5, 0.6) is 0 Å². The van der Waals surface area contributed by atoms with E-state index in [0.717, 1.165) is 0 Å². The third-order valence-electron chi connectivity index (χ3n) is 3.03. The van der Waals surface area contributed by atoms with Crippen molar-refractivity contribution >= 4 is 18.0 Å². The Morgan fingerprint density at radius 2 is 1.57 bits per heavy atom. The van der Waals surface area contributed by atoms with Crippen LogP contribution in [0.2, 0.25) is 0 Å². The minimum absolute atomic E-state index is 0.111. The summed E-state index contributed by atoms with van der Waals surface area (Å²) in [5.41, 5.74) is -0.179. The zero-order chi connectivity index (χ0) is 17.6. The van der Waals surface area contributed by atoms with E-state index in [2.05, 4.69) is 0 Å². The van der Waals surface area contributed by atoms with Crippen LogP contribution in [0.3, 0.4) is 0 Å². The quantitative estimate of drug-likeness (QED) is 0.258. The van der Waals surface area contributed by atoms with E-state index in [9.17, 15) is 14.4 Å². The first-order chi connectivity index (χ1) is 10.7. The average Bonchev–Trinajstić information content (AvgIpc) is 2.87. The molecule has 1 rings (SSSR count). The van der Waals surface area contributed by atoms with Gasteiger partial charge in [-0.05, 0) is 46.6 Å². The predicted molar refractivity (Wildman–Crippen MR) is 82.7 cm³/mol. The molecule has 1 aliphatic heterocycles. The molecule has 0 atom stereocenters. The molecule has 0 aromatic rings. The van der Waals surface area contributed by atoms with Crippen molar-refractivity contribution in [3.8, 4) is 0 Å². The Morgan fingerprint density at radius 1 is 1.04 bits per heavy atom. The maximum atomic E-state index is 12.1. The molecule has 7 nitrogen and oxygen atoms in total. The molecule has 0 unspecified atom stereocenters. The van der Waals surface area contributed by atoms with Gasteiger partial charge in [-0.25, -0.2) is 14.4 Å². The summed E-state index contributed by atoms with van der Waals surface area (Å²) in [4.78, 5) is 37.6. The molecule has 0 aromatic heterocycles. The lowest BCUT2D eigenvalue weighted by molar-refractivity contribution is -0.146. The van der Waals surface area contributed by atoms with Gasteiger partial charge in [-0.2, -0.15) is 0 Å². The van der Waals surface area contributed by atoms with Crippen molar-refractivity contribution < 1.29 is 28.6 Å². The molecule has 1 saturated heterocycles. The largest absolute Gasteiger partial charge is 0.462 e. The molecular formula is C16H25NO6. The minimum atomic E-state index is -0.716. The van der Waals surface area contributed by atoms with Gasteiger partial charge in [-0.1, -0.05) is 0 Å². The number of esters is 2. The first-order valence-electron chi connectivity index (χ1n) is 7.73. The fraction of sp³-hybridized carbons (Fsp3) is 0.688. The third kappa shape index (κ3) is 5.58. The number of rotatable bonds is 4. The lowest BCUT2D eigenvalue weighted by Crippen LogP contribution is -2.35. The van der Waals surface area contributed by atoms with E-state index >= 15 is 0 Å². The molecule has 23 heavy (non-hydrogen) atoms. The molecule has 1 fully saturated rings. The topological polar surface area (TPSA) is 82.1 Å². The standard InChI is InChI=1S/C16H25NO6/c1-6-21-13(18)12(14(19)22-7-2)11-8-9-17(10-11)15(20)23-16(3,4)5/h6-10H2,1-5H3. The van der Waals surface area contributed by atoms with E-state index in [0.29, 0.717) is 18.5 Å². The van der Waals surface area contributed by atoms with Crippen molar-refractivity contribution in [3.05, 3.63) is 11.1 Å². The van der Waals surface area contributed by atoms with Gasteiger partial charge in [0.25, 0.3) is 0 Å². The van der Waals surface area contributed by atoms with Crippen LogP contribution in [0.15, 0.2) is 11.1 Å². The Balaban J connectivity index is 2.94. The highest BCUT2D eigenvalue weighted by Crippen LogP contribution is 2.23. The lowest BCUT2D eigenvalue weighted by atomic mass is 10.1. The Morgan fingerprint density at radius 3 is 2.00 bits per heavy atom. The van der Waals surface area contributed by atoms with Gasteiger partial charge in [-0.15, -0.1) is 0 Å². The molecule has 0 N–H and O–H groups in total. The summed E-state index contributed by atoms with van der Waals surface area (Å²) in [5.74, 6) is -1.43. The average molecular weight is 327 g/mol. The van der Waals surface area contributed by atoms with Crippen LogP contribution in [0.4, 0.5) is 4.79 Å². The van der Waals surface area contributed by atoms with Crippen LogP contribution in [0.1, 0.15) is 41.0 Å². The van der Waals surface area contributed by atoms with Crippen LogP contribution in [0.25, 0.3) is 0 Å². The zero-order valence-corrected chi connectivity index (χ0v) is 14.4. The predicted octanol–water partition coefficient (Wildman–Crippen LogP) is 2.05. The normalized spacial score (nSPS) is 14.5. The monoisotopic (exact) mass is 327 g/mol. The first kappa shape index (κ1) is 19.0. The van der Waals surface area contributed by atoms with E-state index in [1.54, 1.807) is 34.6 Å². The number of amides is 1. The van der Waals surface area contributed by atoms with E-state index in [4.69, 9.17) is 14.2 Å². The fourth-order valence-corrected chi connectivity index (χ4v) is 2.12. The minimum Gasteiger partial charge on any atom is -0.462 e. The summed E-state index contributed by atoms with van der Waals surface area (Å²) in [6.45, 7) is 9.51. The Hall–Kier alpha value is -2.05. The number of nitrogens with zero attached hydrogens (tertiary/aromatic N) is 1. The molecule has 1 amide bonds. The van der Waals surface area contributed by atoms with Crippen molar-refractivity contribution in [2.24, 2.45) is 0 Å². The summed E-state index contributed by atoms with van der Waals surface area (Å²) in [7, 11) is 0. The Bertz CT molecular complexity index is 483. The molecule has 130 valence electrons. The van der Waals surface area contributed by atoms with Crippen molar-refractivity contribution in [2.75, 3.05) is 26.3 Å². The van der Waals surface area contributed by atoms with Gasteiger partial charge in [0.2, 0.25) is 0 Å². The summed E-state index contributed by atoms with van der Waals surface area (Å²) in [6.07, 6.45) is -0.0637. The molecule has 1 heterocycles. The van der Waals surface area contributed by atoms with Gasteiger partial charge in [-0.3, -0.25) is 0 Å². The maximum Gasteiger partial charge on any atom is 0.410 e. The number of hydrogen-bond acceptors (Lipinski definition) is 6. The summed E-state index contributed by atoms with van der Waals surface area (Å²) >= 11 is 0. The molecule has 0 radical (unpaired) electrons. The Kier molecular flexibility index (Phi) is 6.60. The lowest BCUT2D eigenvalue weighted by Gasteiger charge is -2.24. The van der Waals surface area contributed by atoms with Gasteiger partial charge in [0.15, 0.2) is 0 Å². The number of ether oxygens (including phenoxy) is 3. The van der Waals surface area contributed by atoms with Crippen LogP contribution in [-0.4, -0.2) is 54.8 Å². The van der Waals surface area contributed by atoms with Gasteiger partial charge >= 0.3 is 18.0 Å². The van der Waals surface area contributed by atoms with E-state index in [-0.39, 0.29) is 25.3 Å². The molecule has 1 aliphatic rings. The maximum absolute atomic E-state index is 12.1. The number of carbonyl (C=O) groups excluding carboxylic acids is 3. The molecule has 0 aromatic carbocycles.